The highest BCUT2D eigenvalue weighted by molar-refractivity contribution is 7.09. The Balaban J connectivity index is 1.41. The zero-order chi connectivity index (χ0) is 19.1. The van der Waals surface area contributed by atoms with Gasteiger partial charge in [0.15, 0.2) is 0 Å². The van der Waals surface area contributed by atoms with Crippen molar-refractivity contribution in [3.8, 4) is 5.75 Å². The fraction of sp³-hybridized carbons (Fsp3) is 0.381. The molecule has 1 aromatic carbocycles. The number of likely N-dealkylation sites (tertiary alicyclic amines) is 1. The van der Waals surface area contributed by atoms with Crippen LogP contribution in [0.2, 0.25) is 5.02 Å². The lowest BCUT2D eigenvalue weighted by Crippen LogP contribution is -2.37. The molecule has 6 heteroatoms. The summed E-state index contributed by atoms with van der Waals surface area (Å²) in [6, 6.07) is 9.65. The van der Waals surface area contributed by atoms with Crippen molar-refractivity contribution in [3.05, 3.63) is 57.3 Å². The first kappa shape index (κ1) is 19.9. The molecule has 1 N–H and O–H groups in total. The number of nitrogens with zero attached hydrogens (tertiary/aromatic N) is 1. The Morgan fingerprint density at radius 1 is 1.37 bits per heavy atom. The van der Waals surface area contributed by atoms with E-state index in [1.54, 1.807) is 37.5 Å². The Hall–Kier alpha value is -1.82. The maximum Gasteiger partial charge on any atom is 0.244 e. The molecule has 1 saturated heterocycles. The van der Waals surface area contributed by atoms with Gasteiger partial charge in [0.25, 0.3) is 0 Å². The molecule has 1 aliphatic heterocycles. The Kier molecular flexibility index (Phi) is 7.33. The smallest absolute Gasteiger partial charge is 0.244 e. The lowest BCUT2D eigenvalue weighted by Gasteiger charge is -2.31. The predicted molar refractivity (Wildman–Crippen MR) is 112 cm³/mol. The monoisotopic (exact) mass is 404 g/mol. The number of thiophene rings is 1. The highest BCUT2D eigenvalue weighted by Crippen LogP contribution is 2.24. The van der Waals surface area contributed by atoms with Gasteiger partial charge in [-0.25, -0.2) is 0 Å². The summed E-state index contributed by atoms with van der Waals surface area (Å²) in [6.07, 6.45) is 5.53. The number of nitrogens with one attached hydrogen (secondary N) is 1. The van der Waals surface area contributed by atoms with E-state index in [2.05, 4.69) is 27.7 Å². The average molecular weight is 405 g/mol. The minimum Gasteiger partial charge on any atom is -0.496 e. The molecule has 1 aliphatic rings. The summed E-state index contributed by atoms with van der Waals surface area (Å²) in [6.45, 7) is 3.95. The number of carbonyl (C=O) groups is 1. The zero-order valence-corrected chi connectivity index (χ0v) is 17.1. The number of piperidine rings is 1. The van der Waals surface area contributed by atoms with E-state index in [1.807, 2.05) is 11.3 Å². The minimum atomic E-state index is -0.0851. The fourth-order valence-electron chi connectivity index (χ4n) is 3.28. The van der Waals surface area contributed by atoms with Gasteiger partial charge in [0.1, 0.15) is 5.75 Å². The van der Waals surface area contributed by atoms with Crippen molar-refractivity contribution >= 4 is 34.9 Å². The number of amides is 1. The van der Waals surface area contributed by atoms with Crippen molar-refractivity contribution in [2.75, 3.05) is 26.7 Å². The number of hydrogen-bond acceptors (Lipinski definition) is 4. The van der Waals surface area contributed by atoms with E-state index < -0.39 is 0 Å². The van der Waals surface area contributed by atoms with Crippen molar-refractivity contribution in [1.82, 2.24) is 10.2 Å². The lowest BCUT2D eigenvalue weighted by atomic mass is 9.96. The molecule has 2 heterocycles. The number of hydrogen-bond donors (Lipinski definition) is 1. The van der Waals surface area contributed by atoms with E-state index in [-0.39, 0.29) is 5.91 Å². The normalized spacial score (nSPS) is 15.9. The fourth-order valence-corrected chi connectivity index (χ4v) is 4.20. The molecular weight excluding hydrogens is 380 g/mol. The molecule has 2 aromatic rings. The lowest BCUT2D eigenvalue weighted by molar-refractivity contribution is -0.116. The molecule has 0 atom stereocenters. The summed E-state index contributed by atoms with van der Waals surface area (Å²) in [5, 5.41) is 5.76. The molecule has 0 radical (unpaired) electrons. The molecule has 0 unspecified atom stereocenters. The molecule has 3 rings (SSSR count). The van der Waals surface area contributed by atoms with Crippen LogP contribution in [0.15, 0.2) is 41.8 Å². The standard InChI is InChI=1S/C21H25ClN2O2S/c1-26-20-6-5-18(22)13-17(20)4-7-21(25)23-14-16-8-10-24(11-9-16)15-19-3-2-12-27-19/h2-7,12-13,16H,8-11,14-15H2,1H3,(H,23,25)/b7-4+. The van der Waals surface area contributed by atoms with Crippen molar-refractivity contribution in [2.24, 2.45) is 5.92 Å². The van der Waals surface area contributed by atoms with Crippen LogP contribution in [0.1, 0.15) is 23.3 Å². The van der Waals surface area contributed by atoms with Crippen molar-refractivity contribution < 1.29 is 9.53 Å². The van der Waals surface area contributed by atoms with E-state index >= 15 is 0 Å². The van der Waals surface area contributed by atoms with Crippen LogP contribution in [0, 0.1) is 5.92 Å². The first-order valence-electron chi connectivity index (χ1n) is 9.18. The van der Waals surface area contributed by atoms with Gasteiger partial charge in [-0.3, -0.25) is 9.69 Å². The third kappa shape index (κ3) is 6.09. The van der Waals surface area contributed by atoms with Crippen molar-refractivity contribution in [3.63, 3.8) is 0 Å². The third-order valence-electron chi connectivity index (χ3n) is 4.84. The molecule has 144 valence electrons. The molecule has 1 amide bonds. The Bertz CT molecular complexity index is 768. The van der Waals surface area contributed by atoms with Crippen LogP contribution in [-0.4, -0.2) is 37.6 Å². The summed E-state index contributed by atoms with van der Waals surface area (Å²) in [7, 11) is 1.60. The highest BCUT2D eigenvalue weighted by Gasteiger charge is 2.19. The van der Waals surface area contributed by atoms with Gasteiger partial charge < -0.3 is 10.1 Å². The molecule has 0 bridgehead atoms. The molecule has 0 saturated carbocycles. The number of benzene rings is 1. The molecule has 1 fully saturated rings. The van der Waals surface area contributed by atoms with Crippen LogP contribution in [0.4, 0.5) is 0 Å². The van der Waals surface area contributed by atoms with Crippen molar-refractivity contribution in [1.29, 1.82) is 0 Å². The third-order valence-corrected chi connectivity index (χ3v) is 5.93. The topological polar surface area (TPSA) is 41.6 Å². The van der Waals surface area contributed by atoms with E-state index in [9.17, 15) is 4.79 Å². The predicted octanol–water partition coefficient (Wildman–Crippen LogP) is 4.45. The summed E-state index contributed by atoms with van der Waals surface area (Å²) in [4.78, 5) is 16.1. The molecule has 0 spiro atoms. The Morgan fingerprint density at radius 2 is 2.19 bits per heavy atom. The Morgan fingerprint density at radius 3 is 2.89 bits per heavy atom. The van der Waals surface area contributed by atoms with Crippen molar-refractivity contribution in [2.45, 2.75) is 19.4 Å². The maximum absolute atomic E-state index is 12.1. The number of carbonyl (C=O) groups excluding carboxylic acids is 1. The number of methoxy groups -OCH3 is 1. The van der Waals surface area contributed by atoms with Crippen LogP contribution >= 0.6 is 22.9 Å². The van der Waals surface area contributed by atoms with Crippen LogP contribution in [-0.2, 0) is 11.3 Å². The zero-order valence-electron chi connectivity index (χ0n) is 15.5. The highest BCUT2D eigenvalue weighted by atomic mass is 35.5. The maximum atomic E-state index is 12.1. The second-order valence-electron chi connectivity index (χ2n) is 6.76. The van der Waals surface area contributed by atoms with Crippen LogP contribution in [0.3, 0.4) is 0 Å². The van der Waals surface area contributed by atoms with Gasteiger partial charge in [-0.15, -0.1) is 11.3 Å². The first-order valence-corrected chi connectivity index (χ1v) is 10.4. The number of rotatable bonds is 7. The number of ether oxygens (including phenoxy) is 1. The van der Waals surface area contributed by atoms with Crippen LogP contribution < -0.4 is 10.1 Å². The van der Waals surface area contributed by atoms with Gasteiger partial charge in [0.2, 0.25) is 5.91 Å². The number of halogens is 1. The van der Waals surface area contributed by atoms with E-state index in [4.69, 9.17) is 16.3 Å². The van der Waals surface area contributed by atoms with Gasteiger partial charge in [0, 0.05) is 34.6 Å². The van der Waals surface area contributed by atoms with Gasteiger partial charge in [-0.1, -0.05) is 17.7 Å². The molecule has 4 nitrogen and oxygen atoms in total. The van der Waals surface area contributed by atoms with Gasteiger partial charge in [-0.05, 0) is 67.6 Å². The molecule has 27 heavy (non-hydrogen) atoms. The summed E-state index contributed by atoms with van der Waals surface area (Å²) < 4.78 is 5.29. The quantitative estimate of drug-likeness (QED) is 0.693. The SMILES string of the molecule is COc1ccc(Cl)cc1/C=C/C(=O)NCC1CCN(Cc2cccs2)CC1. The average Bonchev–Trinajstić information content (AvgIpc) is 3.19. The van der Waals surface area contributed by atoms with E-state index in [0.717, 1.165) is 44.6 Å². The minimum absolute atomic E-state index is 0.0851. The second kappa shape index (κ2) is 9.93. The second-order valence-corrected chi connectivity index (χ2v) is 8.23. The summed E-state index contributed by atoms with van der Waals surface area (Å²) in [5.74, 6) is 1.15. The van der Waals surface area contributed by atoms with E-state index in [1.165, 1.54) is 4.88 Å². The van der Waals surface area contributed by atoms with Crippen LogP contribution in [0.5, 0.6) is 5.75 Å². The Labute approximate surface area is 169 Å². The molecule has 0 aliphatic carbocycles. The first-order chi connectivity index (χ1) is 13.1. The largest absolute Gasteiger partial charge is 0.496 e. The van der Waals surface area contributed by atoms with Gasteiger partial charge in [-0.2, -0.15) is 0 Å². The van der Waals surface area contributed by atoms with Gasteiger partial charge >= 0.3 is 0 Å². The molecular formula is C21H25ClN2O2S. The molecule has 1 aromatic heterocycles. The van der Waals surface area contributed by atoms with Gasteiger partial charge in [0.05, 0.1) is 7.11 Å². The summed E-state index contributed by atoms with van der Waals surface area (Å²) in [5.41, 5.74) is 0.794. The summed E-state index contributed by atoms with van der Waals surface area (Å²) >= 11 is 7.83. The van der Waals surface area contributed by atoms with Crippen LogP contribution in [0.25, 0.3) is 6.08 Å². The van der Waals surface area contributed by atoms with E-state index in [0.29, 0.717) is 16.7 Å².